The molecular weight excluding hydrogens is 524 g/mol. The normalized spacial score (nSPS) is 17.6. The maximum Gasteiger partial charge on any atom is 0.416 e. The van der Waals surface area contributed by atoms with E-state index in [0.29, 0.717) is 38.4 Å². The molecule has 0 bridgehead atoms. The number of ether oxygens (including phenoxy) is 2. The Bertz CT molecular complexity index is 676. The molecule has 6 nitrogen and oxygen atoms in total. The second kappa shape index (κ2) is 14.1. The highest BCUT2D eigenvalue weighted by Gasteiger charge is 2.32. The van der Waals surface area contributed by atoms with Crippen molar-refractivity contribution in [1.82, 2.24) is 15.1 Å². The highest BCUT2D eigenvalue weighted by molar-refractivity contribution is 14.0. The smallest absolute Gasteiger partial charge is 0.383 e. The van der Waals surface area contributed by atoms with Crippen LogP contribution < -0.4 is 5.32 Å². The Morgan fingerprint density at radius 3 is 2.81 bits per heavy atom. The molecule has 2 rings (SSSR count). The Morgan fingerprint density at radius 2 is 2.13 bits per heavy atom. The Morgan fingerprint density at radius 1 is 1.35 bits per heavy atom. The van der Waals surface area contributed by atoms with Crippen molar-refractivity contribution >= 4 is 29.9 Å². The van der Waals surface area contributed by atoms with Crippen LogP contribution in [0.25, 0.3) is 0 Å². The lowest BCUT2D eigenvalue weighted by atomic mass is 10.0. The van der Waals surface area contributed by atoms with E-state index in [0.717, 1.165) is 38.1 Å². The molecule has 0 aromatic heterocycles. The number of likely N-dealkylation sites (N-methyl/N-ethyl adjacent to an activating group) is 1. The lowest BCUT2D eigenvalue weighted by molar-refractivity contribution is -0.137. The molecule has 1 aromatic carbocycles. The van der Waals surface area contributed by atoms with Crippen molar-refractivity contribution in [3.63, 3.8) is 0 Å². The summed E-state index contributed by atoms with van der Waals surface area (Å²) in [5.74, 6) is 0.775. The van der Waals surface area contributed by atoms with Crippen LogP contribution in [0.4, 0.5) is 13.2 Å². The molecule has 1 N–H and O–H groups in total. The number of nitrogens with zero attached hydrogens (tertiary/aromatic N) is 3. The third kappa shape index (κ3) is 9.50. The van der Waals surface area contributed by atoms with Crippen LogP contribution in [0.3, 0.4) is 0 Å². The highest BCUT2D eigenvalue weighted by atomic mass is 127. The lowest BCUT2D eigenvalue weighted by Gasteiger charge is -2.35. The van der Waals surface area contributed by atoms with Gasteiger partial charge in [0.25, 0.3) is 0 Å². The fourth-order valence-electron chi connectivity index (χ4n) is 3.27. The molecular formula is C21H34F3IN4O2. The summed E-state index contributed by atoms with van der Waals surface area (Å²) in [6.07, 6.45) is -3.88. The van der Waals surface area contributed by atoms with Crippen LogP contribution in [0.15, 0.2) is 29.3 Å². The number of guanidine groups is 1. The van der Waals surface area contributed by atoms with Crippen molar-refractivity contribution in [2.45, 2.75) is 25.6 Å². The molecule has 0 spiro atoms. The van der Waals surface area contributed by atoms with Gasteiger partial charge in [0.15, 0.2) is 5.96 Å². The second-order valence-corrected chi connectivity index (χ2v) is 7.31. The first-order chi connectivity index (χ1) is 14.3. The summed E-state index contributed by atoms with van der Waals surface area (Å²) in [6.45, 7) is 7.43. The molecule has 1 unspecified atom stereocenters. The molecule has 10 heteroatoms. The van der Waals surface area contributed by atoms with Gasteiger partial charge < -0.3 is 24.6 Å². The van der Waals surface area contributed by atoms with Gasteiger partial charge in [-0.25, -0.2) is 0 Å². The van der Waals surface area contributed by atoms with Crippen LogP contribution in [0.1, 0.15) is 30.6 Å². The summed E-state index contributed by atoms with van der Waals surface area (Å²) in [4.78, 5) is 8.97. The number of alkyl halides is 3. The van der Waals surface area contributed by atoms with E-state index in [4.69, 9.17) is 14.5 Å². The molecule has 1 saturated heterocycles. The molecule has 1 aromatic rings. The second-order valence-electron chi connectivity index (χ2n) is 7.31. The van der Waals surface area contributed by atoms with Gasteiger partial charge in [-0.1, -0.05) is 12.1 Å². The zero-order valence-corrected chi connectivity index (χ0v) is 20.8. The Kier molecular flexibility index (Phi) is 12.7. The average molecular weight is 558 g/mol. The van der Waals surface area contributed by atoms with Crippen LogP contribution >= 0.6 is 24.0 Å². The summed E-state index contributed by atoms with van der Waals surface area (Å²) < 4.78 is 50.0. The van der Waals surface area contributed by atoms with E-state index in [9.17, 15) is 13.2 Å². The Hall–Kier alpha value is -1.11. The van der Waals surface area contributed by atoms with Gasteiger partial charge in [-0.05, 0) is 44.6 Å². The van der Waals surface area contributed by atoms with Crippen molar-refractivity contribution in [2.24, 2.45) is 4.99 Å². The van der Waals surface area contributed by atoms with Crippen LogP contribution in [0.2, 0.25) is 0 Å². The lowest BCUT2D eigenvalue weighted by Crippen LogP contribution is -2.48. The van der Waals surface area contributed by atoms with Gasteiger partial charge in [-0.15, -0.1) is 24.0 Å². The fourth-order valence-corrected chi connectivity index (χ4v) is 3.27. The summed E-state index contributed by atoms with van der Waals surface area (Å²) in [5.41, 5.74) is -0.121. The summed E-state index contributed by atoms with van der Waals surface area (Å²) in [5, 5.41) is 3.29. The van der Waals surface area contributed by atoms with Gasteiger partial charge >= 0.3 is 6.18 Å². The number of hydrogen-bond donors (Lipinski definition) is 1. The van der Waals surface area contributed by atoms with Crippen molar-refractivity contribution < 1.29 is 22.6 Å². The van der Waals surface area contributed by atoms with Crippen molar-refractivity contribution in [2.75, 3.05) is 66.6 Å². The quantitative estimate of drug-likeness (QED) is 0.217. The van der Waals surface area contributed by atoms with Crippen molar-refractivity contribution in [1.29, 1.82) is 0 Å². The molecule has 1 aliphatic heterocycles. The number of aliphatic imine (C=N–C) groups is 1. The molecule has 0 aliphatic carbocycles. The highest BCUT2D eigenvalue weighted by Crippen LogP contribution is 2.32. The first kappa shape index (κ1) is 27.9. The van der Waals surface area contributed by atoms with E-state index < -0.39 is 17.8 Å². The van der Waals surface area contributed by atoms with E-state index in [-0.39, 0.29) is 24.0 Å². The van der Waals surface area contributed by atoms with E-state index in [1.807, 2.05) is 6.92 Å². The first-order valence-corrected chi connectivity index (χ1v) is 10.3. The first-order valence-electron chi connectivity index (χ1n) is 10.3. The van der Waals surface area contributed by atoms with Gasteiger partial charge in [-0.2, -0.15) is 13.2 Å². The van der Waals surface area contributed by atoms with Crippen LogP contribution in [-0.4, -0.2) is 82.4 Å². The molecule has 1 heterocycles. The summed E-state index contributed by atoms with van der Waals surface area (Å²) >= 11 is 0. The maximum atomic E-state index is 13.0. The minimum absolute atomic E-state index is 0. The standard InChI is InChI=1S/C21H33F3N4O2.HI/c1-4-25-20(26-9-6-10-27(2)11-13-29-3)28-12-14-30-19(16-28)17-7-5-8-18(15-17)21(22,23)24;/h5,7-8,15,19H,4,6,9-14,16H2,1-3H3,(H,25,26);1H. The van der Waals surface area contributed by atoms with E-state index >= 15 is 0 Å². The number of hydrogen-bond acceptors (Lipinski definition) is 4. The molecule has 1 fully saturated rings. The molecule has 1 atom stereocenters. The average Bonchev–Trinajstić information content (AvgIpc) is 2.74. The zero-order valence-electron chi connectivity index (χ0n) is 18.5. The molecule has 0 radical (unpaired) electrons. The maximum absolute atomic E-state index is 13.0. The number of nitrogens with one attached hydrogen (secondary N) is 1. The van der Waals surface area contributed by atoms with Crippen LogP contribution in [0, 0.1) is 0 Å². The Labute approximate surface area is 200 Å². The van der Waals surface area contributed by atoms with Gasteiger partial charge in [0.2, 0.25) is 0 Å². The minimum Gasteiger partial charge on any atom is -0.383 e. The molecule has 1 aliphatic rings. The number of rotatable bonds is 9. The van der Waals surface area contributed by atoms with E-state index in [1.165, 1.54) is 12.1 Å². The Balaban J connectivity index is 0.00000480. The third-order valence-corrected chi connectivity index (χ3v) is 4.92. The minimum atomic E-state index is -4.36. The molecule has 0 saturated carbocycles. The van der Waals surface area contributed by atoms with Gasteiger partial charge in [0.1, 0.15) is 6.10 Å². The molecule has 0 amide bonds. The van der Waals surface area contributed by atoms with Crippen LogP contribution in [-0.2, 0) is 15.7 Å². The van der Waals surface area contributed by atoms with Crippen LogP contribution in [0.5, 0.6) is 0 Å². The zero-order chi connectivity index (χ0) is 22.0. The largest absolute Gasteiger partial charge is 0.416 e. The van der Waals surface area contributed by atoms with Gasteiger partial charge in [-0.3, -0.25) is 4.99 Å². The predicted molar refractivity (Wildman–Crippen MR) is 127 cm³/mol. The number of morpholine rings is 1. The summed E-state index contributed by atoms with van der Waals surface area (Å²) in [7, 11) is 3.74. The van der Waals surface area contributed by atoms with Gasteiger partial charge in [0.05, 0.1) is 25.3 Å². The van der Waals surface area contributed by atoms with Crippen molar-refractivity contribution in [3.8, 4) is 0 Å². The number of benzene rings is 1. The van der Waals surface area contributed by atoms with E-state index in [2.05, 4.69) is 22.2 Å². The monoisotopic (exact) mass is 558 g/mol. The topological polar surface area (TPSA) is 49.3 Å². The van der Waals surface area contributed by atoms with E-state index in [1.54, 1.807) is 13.2 Å². The number of halogens is 4. The summed E-state index contributed by atoms with van der Waals surface area (Å²) in [6, 6.07) is 5.37. The molecule has 31 heavy (non-hydrogen) atoms. The predicted octanol–water partition coefficient (Wildman–Crippen LogP) is 3.63. The molecule has 178 valence electrons. The van der Waals surface area contributed by atoms with Gasteiger partial charge in [0, 0.05) is 33.3 Å². The van der Waals surface area contributed by atoms with Crippen molar-refractivity contribution in [3.05, 3.63) is 35.4 Å². The third-order valence-electron chi connectivity index (χ3n) is 4.92. The SMILES string of the molecule is CCNC(=NCCCN(C)CCOC)N1CCOC(c2cccc(C(F)(F)F)c2)C1.I. The number of methoxy groups -OCH3 is 1. The fraction of sp³-hybridized carbons (Fsp3) is 0.667.